The highest BCUT2D eigenvalue weighted by molar-refractivity contribution is 5.78. The lowest BCUT2D eigenvalue weighted by Crippen LogP contribution is -2.18. The van der Waals surface area contributed by atoms with Crippen molar-refractivity contribution in [1.82, 2.24) is 15.3 Å². The molecule has 9 nitrogen and oxygen atoms in total. The van der Waals surface area contributed by atoms with Crippen molar-refractivity contribution in [3.05, 3.63) is 132 Å². The van der Waals surface area contributed by atoms with Crippen LogP contribution in [0, 0.1) is 11.6 Å². The first-order valence-electron chi connectivity index (χ1n) is 14.6. The number of rotatable bonds is 10. The summed E-state index contributed by atoms with van der Waals surface area (Å²) in [6, 6.07) is 27.7. The van der Waals surface area contributed by atoms with E-state index in [9.17, 15) is 18.4 Å². The number of hydrogen-bond acceptors (Lipinski definition) is 8. The quantitative estimate of drug-likeness (QED) is 0.138. The zero-order valence-electron chi connectivity index (χ0n) is 25.6. The SMILES string of the molecule is CC(=O)Cc1cccc(-c2cnc(Nc3ccc(F)cc3)o2)c1.CC(=O)NCc1cccc(-c2cnc(Nc3ccc(F)cc3)o2)c1. The molecule has 238 valence electrons. The summed E-state index contributed by atoms with van der Waals surface area (Å²) in [6.45, 7) is 3.50. The summed E-state index contributed by atoms with van der Waals surface area (Å²) in [5, 5.41) is 8.70. The van der Waals surface area contributed by atoms with Crippen LogP contribution < -0.4 is 16.0 Å². The number of ketones is 1. The van der Waals surface area contributed by atoms with Crippen LogP contribution in [-0.2, 0) is 22.6 Å². The number of benzene rings is 4. The van der Waals surface area contributed by atoms with E-state index >= 15 is 0 Å². The molecule has 0 bridgehead atoms. The fourth-order valence-corrected chi connectivity index (χ4v) is 4.43. The fraction of sp³-hybridized carbons (Fsp3) is 0.111. The molecule has 0 aliphatic rings. The molecule has 0 radical (unpaired) electrons. The van der Waals surface area contributed by atoms with Gasteiger partial charge in [-0.2, -0.15) is 0 Å². The summed E-state index contributed by atoms with van der Waals surface area (Å²) in [6.07, 6.45) is 3.62. The number of amides is 1. The average molecular weight is 636 g/mol. The Hall–Kier alpha value is -6.10. The number of hydrogen-bond donors (Lipinski definition) is 3. The maximum Gasteiger partial charge on any atom is 0.299 e. The molecule has 0 unspecified atom stereocenters. The molecule has 4 aromatic carbocycles. The Morgan fingerprint density at radius 3 is 1.60 bits per heavy atom. The summed E-state index contributed by atoms with van der Waals surface area (Å²) in [7, 11) is 0. The minimum Gasteiger partial charge on any atom is -0.423 e. The minimum atomic E-state index is -0.301. The van der Waals surface area contributed by atoms with Crippen LogP contribution in [0.15, 0.2) is 118 Å². The molecular weight excluding hydrogens is 604 g/mol. The Morgan fingerprint density at radius 1 is 0.660 bits per heavy atom. The first-order valence-corrected chi connectivity index (χ1v) is 14.6. The van der Waals surface area contributed by atoms with Gasteiger partial charge in [-0.3, -0.25) is 9.59 Å². The number of anilines is 4. The maximum atomic E-state index is 12.9. The Morgan fingerprint density at radius 2 is 1.13 bits per heavy atom. The van der Waals surface area contributed by atoms with Crippen molar-refractivity contribution >= 4 is 35.1 Å². The predicted molar refractivity (Wildman–Crippen MR) is 175 cm³/mol. The van der Waals surface area contributed by atoms with Crippen molar-refractivity contribution < 1.29 is 27.2 Å². The number of halogens is 2. The number of Topliss-reactive ketones (excluding diaryl/α,β-unsaturated/α-hetero) is 1. The van der Waals surface area contributed by atoms with E-state index in [4.69, 9.17) is 8.83 Å². The average Bonchev–Trinajstić information content (AvgIpc) is 3.73. The standard InChI is InChI=1S/C18H16FN3O2.C18H15FN2O2/c1-12(23)20-10-13-3-2-4-14(9-13)17-11-21-18(24-17)22-16-7-5-15(19)6-8-16;1-12(22)9-13-3-2-4-14(10-13)17-11-20-18(23-17)21-16-7-5-15(19)6-8-16/h2-9,11H,10H2,1H3,(H,20,23)(H,21,22);2-8,10-11H,9H2,1H3,(H,20,21). The molecule has 2 heterocycles. The monoisotopic (exact) mass is 635 g/mol. The maximum absolute atomic E-state index is 12.9. The molecule has 0 saturated carbocycles. The van der Waals surface area contributed by atoms with Crippen LogP contribution in [-0.4, -0.2) is 21.7 Å². The van der Waals surface area contributed by atoms with Gasteiger partial charge < -0.3 is 24.8 Å². The summed E-state index contributed by atoms with van der Waals surface area (Å²) >= 11 is 0. The second-order valence-corrected chi connectivity index (χ2v) is 10.5. The molecule has 2 aromatic heterocycles. The third kappa shape index (κ3) is 9.69. The van der Waals surface area contributed by atoms with Crippen molar-refractivity contribution in [3.8, 4) is 22.6 Å². The molecule has 0 spiro atoms. The second-order valence-electron chi connectivity index (χ2n) is 10.5. The van der Waals surface area contributed by atoms with E-state index in [1.807, 2.05) is 48.5 Å². The lowest BCUT2D eigenvalue weighted by Gasteiger charge is -2.04. The van der Waals surface area contributed by atoms with Crippen molar-refractivity contribution in [2.45, 2.75) is 26.8 Å². The number of nitrogens with one attached hydrogen (secondary N) is 3. The summed E-state index contributed by atoms with van der Waals surface area (Å²) in [5.74, 6) is 0.629. The van der Waals surface area contributed by atoms with Gasteiger partial charge in [0, 0.05) is 42.4 Å². The number of carbonyl (C=O) groups is 2. The molecule has 11 heteroatoms. The zero-order chi connectivity index (χ0) is 33.2. The smallest absolute Gasteiger partial charge is 0.299 e. The molecule has 6 aromatic rings. The Bertz CT molecular complexity index is 1950. The van der Waals surface area contributed by atoms with Gasteiger partial charge >= 0.3 is 0 Å². The van der Waals surface area contributed by atoms with Crippen LogP contribution in [0.25, 0.3) is 22.6 Å². The molecule has 0 aliphatic carbocycles. The summed E-state index contributed by atoms with van der Waals surface area (Å²) in [4.78, 5) is 30.6. The van der Waals surface area contributed by atoms with E-state index in [0.717, 1.165) is 22.3 Å². The van der Waals surface area contributed by atoms with Crippen LogP contribution >= 0.6 is 0 Å². The van der Waals surface area contributed by atoms with Gasteiger partial charge in [0.1, 0.15) is 17.4 Å². The van der Waals surface area contributed by atoms with E-state index < -0.39 is 0 Å². The fourth-order valence-electron chi connectivity index (χ4n) is 4.43. The highest BCUT2D eigenvalue weighted by atomic mass is 19.1. The third-order valence-corrected chi connectivity index (χ3v) is 6.62. The van der Waals surface area contributed by atoms with Gasteiger partial charge in [0.2, 0.25) is 5.91 Å². The van der Waals surface area contributed by atoms with E-state index in [2.05, 4.69) is 25.9 Å². The number of aromatic nitrogens is 2. The first kappa shape index (κ1) is 32.3. The highest BCUT2D eigenvalue weighted by Crippen LogP contribution is 2.27. The molecule has 3 N–H and O–H groups in total. The normalized spacial score (nSPS) is 10.5. The van der Waals surface area contributed by atoms with Gasteiger partial charge in [-0.15, -0.1) is 0 Å². The van der Waals surface area contributed by atoms with E-state index in [-0.39, 0.29) is 23.3 Å². The number of nitrogens with zero attached hydrogens (tertiary/aromatic N) is 2. The van der Waals surface area contributed by atoms with Crippen molar-refractivity contribution in [2.24, 2.45) is 0 Å². The van der Waals surface area contributed by atoms with Crippen LogP contribution in [0.4, 0.5) is 32.2 Å². The van der Waals surface area contributed by atoms with Crippen LogP contribution in [0.1, 0.15) is 25.0 Å². The summed E-state index contributed by atoms with van der Waals surface area (Å²) in [5.41, 5.74) is 4.97. The number of oxazole rings is 2. The zero-order valence-corrected chi connectivity index (χ0v) is 25.6. The van der Waals surface area contributed by atoms with Crippen molar-refractivity contribution in [3.63, 3.8) is 0 Å². The first-order chi connectivity index (χ1) is 22.7. The van der Waals surface area contributed by atoms with E-state index in [1.54, 1.807) is 43.6 Å². The Labute approximate surface area is 269 Å². The molecule has 0 atom stereocenters. The van der Waals surface area contributed by atoms with Gasteiger partial charge in [0.25, 0.3) is 12.0 Å². The molecule has 47 heavy (non-hydrogen) atoms. The third-order valence-electron chi connectivity index (χ3n) is 6.62. The van der Waals surface area contributed by atoms with E-state index in [1.165, 1.54) is 31.2 Å². The largest absolute Gasteiger partial charge is 0.423 e. The molecule has 0 saturated heterocycles. The minimum absolute atomic E-state index is 0.0779. The molecule has 1 amide bonds. The van der Waals surface area contributed by atoms with Gasteiger partial charge in [-0.25, -0.2) is 18.7 Å². The lowest BCUT2D eigenvalue weighted by molar-refractivity contribution is -0.119. The molecule has 6 rings (SSSR count). The Balaban J connectivity index is 0.000000185. The molecule has 0 fully saturated rings. The predicted octanol–water partition coefficient (Wildman–Crippen LogP) is 8.22. The van der Waals surface area contributed by atoms with Crippen molar-refractivity contribution in [2.75, 3.05) is 10.6 Å². The van der Waals surface area contributed by atoms with Crippen LogP contribution in [0.2, 0.25) is 0 Å². The molecule has 0 aliphatic heterocycles. The molecular formula is C36H31F2N5O4. The van der Waals surface area contributed by atoms with Crippen molar-refractivity contribution in [1.29, 1.82) is 0 Å². The topological polar surface area (TPSA) is 122 Å². The highest BCUT2D eigenvalue weighted by Gasteiger charge is 2.10. The Kier molecular flexibility index (Phi) is 10.5. The van der Waals surface area contributed by atoms with Crippen LogP contribution in [0.5, 0.6) is 0 Å². The second kappa shape index (κ2) is 15.3. The number of carbonyl (C=O) groups excluding carboxylic acids is 2. The van der Waals surface area contributed by atoms with Gasteiger partial charge in [-0.1, -0.05) is 36.4 Å². The van der Waals surface area contributed by atoms with E-state index in [0.29, 0.717) is 47.9 Å². The van der Waals surface area contributed by atoms with Gasteiger partial charge in [-0.05, 0) is 78.7 Å². The van der Waals surface area contributed by atoms with Crippen LogP contribution in [0.3, 0.4) is 0 Å². The van der Waals surface area contributed by atoms with Gasteiger partial charge in [0.05, 0.1) is 12.4 Å². The lowest BCUT2D eigenvalue weighted by atomic mass is 10.1. The van der Waals surface area contributed by atoms with Gasteiger partial charge in [0.15, 0.2) is 11.5 Å². The summed E-state index contributed by atoms with van der Waals surface area (Å²) < 4.78 is 37.1.